The van der Waals surface area contributed by atoms with E-state index in [1.807, 2.05) is 48.5 Å². The van der Waals surface area contributed by atoms with Crippen LogP contribution in [0, 0.1) is 0 Å². The molecule has 0 atom stereocenters. The molecule has 6 nitrogen and oxygen atoms in total. The van der Waals surface area contributed by atoms with E-state index >= 15 is 0 Å². The van der Waals surface area contributed by atoms with Crippen LogP contribution in [-0.2, 0) is 0 Å². The maximum atomic E-state index is 6.24. The average Bonchev–Trinajstić information content (AvgIpc) is 3.83. The fraction of sp³-hybridized carbons (Fsp3) is 0. The third-order valence-corrected chi connectivity index (χ3v) is 9.87. The lowest BCUT2D eigenvalue weighted by Gasteiger charge is -2.11. The van der Waals surface area contributed by atoms with Crippen LogP contribution in [0.4, 0.5) is 0 Å². The van der Waals surface area contributed by atoms with E-state index in [0.29, 0.717) is 34.6 Å². The van der Waals surface area contributed by atoms with Gasteiger partial charge in [0.1, 0.15) is 5.52 Å². The Bertz CT molecular complexity index is 2760. The van der Waals surface area contributed by atoms with E-state index in [9.17, 15) is 0 Å². The van der Waals surface area contributed by atoms with Crippen molar-refractivity contribution < 1.29 is 4.42 Å². The molecule has 0 unspecified atom stereocenters. The molecule has 0 saturated carbocycles. The highest BCUT2D eigenvalue weighted by Crippen LogP contribution is 2.38. The molecule has 10 aromatic rings. The standard InChI is InChI=1S/C40H23N5OS/c1-2-11-24(12-3-1)39-41-36-29(16-10-19-33(36)46-39)38-42-37(25-21-22-35-30(23-25)28-15-6-9-20-34(28)47-35)43-40(44-38)45-31-17-7-4-13-26(31)27-14-5-8-18-32(27)45/h1-23H. The number of benzene rings is 6. The van der Waals surface area contributed by atoms with Crippen LogP contribution in [0.3, 0.4) is 0 Å². The van der Waals surface area contributed by atoms with Gasteiger partial charge in [0.15, 0.2) is 17.2 Å². The second-order valence-corrected chi connectivity index (χ2v) is 12.6. The summed E-state index contributed by atoms with van der Waals surface area (Å²) in [6.45, 7) is 0. The normalized spacial score (nSPS) is 11.8. The Morgan fingerprint density at radius 3 is 1.98 bits per heavy atom. The van der Waals surface area contributed by atoms with Gasteiger partial charge in [-0.1, -0.05) is 78.9 Å². The number of fused-ring (bicyclic) bond motifs is 7. The highest BCUT2D eigenvalue weighted by atomic mass is 32.1. The van der Waals surface area contributed by atoms with E-state index in [-0.39, 0.29) is 0 Å². The van der Waals surface area contributed by atoms with Crippen LogP contribution in [0.5, 0.6) is 0 Å². The minimum absolute atomic E-state index is 0.528. The van der Waals surface area contributed by atoms with Gasteiger partial charge in [-0.15, -0.1) is 11.3 Å². The molecule has 0 amide bonds. The van der Waals surface area contributed by atoms with Crippen molar-refractivity contribution in [1.29, 1.82) is 0 Å². The molecular weight excluding hydrogens is 599 g/mol. The van der Waals surface area contributed by atoms with Crippen LogP contribution in [0.2, 0.25) is 0 Å². The molecular formula is C40H23N5OS. The number of rotatable bonds is 4. The number of aromatic nitrogens is 5. The molecule has 220 valence electrons. The maximum Gasteiger partial charge on any atom is 0.238 e. The first-order valence-corrected chi connectivity index (χ1v) is 16.2. The molecule has 0 aliphatic rings. The van der Waals surface area contributed by atoms with Crippen molar-refractivity contribution in [3.8, 4) is 40.2 Å². The smallest absolute Gasteiger partial charge is 0.238 e. The zero-order valence-electron chi connectivity index (χ0n) is 24.8. The Balaban J connectivity index is 1.26. The maximum absolute atomic E-state index is 6.24. The molecule has 10 rings (SSSR count). The van der Waals surface area contributed by atoms with Gasteiger partial charge in [-0.05, 0) is 60.7 Å². The average molecular weight is 622 g/mol. The Morgan fingerprint density at radius 2 is 1.17 bits per heavy atom. The molecule has 0 fully saturated rings. The van der Waals surface area contributed by atoms with E-state index in [0.717, 1.165) is 38.5 Å². The number of para-hydroxylation sites is 3. The summed E-state index contributed by atoms with van der Waals surface area (Å²) < 4.78 is 10.9. The van der Waals surface area contributed by atoms with Gasteiger partial charge in [0.05, 0.1) is 11.0 Å². The Hall–Kier alpha value is -6.18. The first-order chi connectivity index (χ1) is 23.3. The lowest BCUT2D eigenvalue weighted by molar-refractivity contribution is 0.620. The summed E-state index contributed by atoms with van der Waals surface area (Å²) in [5.41, 5.74) is 6.05. The predicted octanol–water partition coefficient (Wildman–Crippen LogP) is 10.5. The largest absolute Gasteiger partial charge is 0.436 e. The SMILES string of the molecule is c1ccc(-c2nc3c(-c4nc(-c5ccc6sc7ccccc7c6c5)nc(-n5c6ccccc6c6ccccc65)n4)cccc3o2)cc1. The molecule has 0 bridgehead atoms. The Kier molecular flexibility index (Phi) is 5.64. The zero-order valence-corrected chi connectivity index (χ0v) is 25.6. The summed E-state index contributed by atoms with van der Waals surface area (Å²) in [4.78, 5) is 20.4. The highest BCUT2D eigenvalue weighted by molar-refractivity contribution is 7.25. The zero-order chi connectivity index (χ0) is 30.9. The third kappa shape index (κ3) is 4.10. The van der Waals surface area contributed by atoms with Crippen molar-refractivity contribution in [3.63, 3.8) is 0 Å². The summed E-state index contributed by atoms with van der Waals surface area (Å²) in [5, 5.41) is 4.70. The summed E-state index contributed by atoms with van der Waals surface area (Å²) in [6.07, 6.45) is 0. The predicted molar refractivity (Wildman–Crippen MR) is 191 cm³/mol. The topological polar surface area (TPSA) is 69.6 Å². The molecule has 0 spiro atoms. The minimum Gasteiger partial charge on any atom is -0.436 e. The number of hydrogen-bond acceptors (Lipinski definition) is 6. The van der Waals surface area contributed by atoms with Crippen LogP contribution in [0.15, 0.2) is 144 Å². The molecule has 47 heavy (non-hydrogen) atoms. The quantitative estimate of drug-likeness (QED) is 0.196. The van der Waals surface area contributed by atoms with Crippen LogP contribution in [0.1, 0.15) is 0 Å². The van der Waals surface area contributed by atoms with Crippen molar-refractivity contribution in [2.75, 3.05) is 0 Å². The van der Waals surface area contributed by atoms with Gasteiger partial charge in [-0.2, -0.15) is 9.97 Å². The second kappa shape index (κ2) is 10.2. The fourth-order valence-corrected chi connectivity index (χ4v) is 7.64. The summed E-state index contributed by atoms with van der Waals surface area (Å²) in [7, 11) is 0. The number of hydrogen-bond donors (Lipinski definition) is 0. The highest BCUT2D eigenvalue weighted by Gasteiger charge is 2.20. The van der Waals surface area contributed by atoms with Gasteiger partial charge < -0.3 is 4.42 Å². The number of nitrogens with zero attached hydrogens (tertiary/aromatic N) is 5. The monoisotopic (exact) mass is 621 g/mol. The molecule has 0 radical (unpaired) electrons. The van der Waals surface area contributed by atoms with E-state index < -0.39 is 0 Å². The molecule has 0 aliphatic carbocycles. The Labute approximate surface area is 272 Å². The van der Waals surface area contributed by atoms with Crippen molar-refractivity contribution >= 4 is 64.4 Å². The molecule has 7 heteroatoms. The lowest BCUT2D eigenvalue weighted by Crippen LogP contribution is -2.06. The van der Waals surface area contributed by atoms with Crippen LogP contribution < -0.4 is 0 Å². The van der Waals surface area contributed by atoms with Gasteiger partial charge in [-0.25, -0.2) is 9.97 Å². The minimum atomic E-state index is 0.528. The van der Waals surface area contributed by atoms with Crippen LogP contribution in [-0.4, -0.2) is 24.5 Å². The van der Waals surface area contributed by atoms with Gasteiger partial charge in [0.2, 0.25) is 11.8 Å². The van der Waals surface area contributed by atoms with Crippen molar-refractivity contribution in [2.24, 2.45) is 0 Å². The second-order valence-electron chi connectivity index (χ2n) is 11.5. The number of oxazole rings is 1. The lowest BCUT2D eigenvalue weighted by atomic mass is 10.1. The molecule has 0 N–H and O–H groups in total. The van der Waals surface area contributed by atoms with E-state index in [4.69, 9.17) is 24.4 Å². The molecule has 0 saturated heterocycles. The van der Waals surface area contributed by atoms with Crippen molar-refractivity contribution in [1.82, 2.24) is 24.5 Å². The van der Waals surface area contributed by atoms with Crippen molar-refractivity contribution in [3.05, 3.63) is 140 Å². The molecule has 0 aliphatic heterocycles. The van der Waals surface area contributed by atoms with E-state index in [1.54, 1.807) is 11.3 Å². The summed E-state index contributed by atoms with van der Waals surface area (Å²) in [6, 6.07) is 47.6. The summed E-state index contributed by atoms with van der Waals surface area (Å²) >= 11 is 1.80. The van der Waals surface area contributed by atoms with Crippen LogP contribution >= 0.6 is 11.3 Å². The fourth-order valence-electron chi connectivity index (χ4n) is 6.55. The third-order valence-electron chi connectivity index (χ3n) is 8.72. The van der Waals surface area contributed by atoms with E-state index in [2.05, 4.69) is 95.6 Å². The van der Waals surface area contributed by atoms with Gasteiger partial charge >= 0.3 is 0 Å². The molecule has 6 aromatic carbocycles. The van der Waals surface area contributed by atoms with Gasteiger partial charge in [0.25, 0.3) is 0 Å². The molecule has 4 heterocycles. The first kappa shape index (κ1) is 26.1. The number of thiophene rings is 1. The van der Waals surface area contributed by atoms with Gasteiger partial charge in [-0.3, -0.25) is 4.57 Å². The van der Waals surface area contributed by atoms with E-state index in [1.165, 1.54) is 20.2 Å². The van der Waals surface area contributed by atoms with Crippen molar-refractivity contribution in [2.45, 2.75) is 0 Å². The first-order valence-electron chi connectivity index (χ1n) is 15.4. The summed E-state index contributed by atoms with van der Waals surface area (Å²) in [5.74, 6) is 2.22. The molecule has 4 aromatic heterocycles. The van der Waals surface area contributed by atoms with Gasteiger partial charge in [0, 0.05) is 47.6 Å². The van der Waals surface area contributed by atoms with Crippen LogP contribution in [0.25, 0.3) is 93.3 Å². The Morgan fingerprint density at radius 1 is 0.489 bits per heavy atom.